The summed E-state index contributed by atoms with van der Waals surface area (Å²) >= 11 is 0. The van der Waals surface area contributed by atoms with Gasteiger partial charge in [-0.05, 0) is 68.9 Å². The van der Waals surface area contributed by atoms with Crippen LogP contribution < -0.4 is 24.8 Å². The van der Waals surface area contributed by atoms with E-state index in [0.29, 0.717) is 62.7 Å². The van der Waals surface area contributed by atoms with Crippen LogP contribution in [0.2, 0.25) is 0 Å². The number of fused-ring (bicyclic) bond motifs is 3. The SMILES string of the molecule is C=CC1CCC1(NC(=O)C1CC(Oc2nc3ccccc3c(OC3C4COCC3CN(CCOC)C4)c2CCCCCC2CC2)CN1C(=O)C(NC(=O)O)C(C)(C)C)C(=O)NS(=O)(=O)C1(C)CC1. The number of amides is 4. The van der Waals surface area contributed by atoms with Crippen molar-refractivity contribution in [3.05, 3.63) is 42.5 Å². The van der Waals surface area contributed by atoms with E-state index in [9.17, 15) is 32.7 Å². The molecule has 3 aliphatic heterocycles. The van der Waals surface area contributed by atoms with Crippen LogP contribution in [0.3, 0.4) is 0 Å². The van der Waals surface area contributed by atoms with Crippen LogP contribution in [0.5, 0.6) is 11.6 Å². The number of carboxylic acid groups (broad SMARTS) is 1. The van der Waals surface area contributed by atoms with Gasteiger partial charge in [0, 0.05) is 56.3 Å². The number of aromatic nitrogens is 1. The monoisotopic (exact) mass is 964 g/mol. The number of piperidine rings is 1. The van der Waals surface area contributed by atoms with E-state index in [1.165, 1.54) is 30.2 Å². The molecule has 4 amide bonds. The zero-order valence-corrected chi connectivity index (χ0v) is 41.2. The van der Waals surface area contributed by atoms with Crippen LogP contribution >= 0.6 is 0 Å². The molecule has 0 radical (unpaired) electrons. The number of pyridine rings is 1. The first-order valence-corrected chi connectivity index (χ1v) is 26.2. The number of nitrogens with zero attached hydrogens (tertiary/aromatic N) is 3. The van der Waals surface area contributed by atoms with Crippen molar-refractivity contribution in [1.82, 2.24) is 30.1 Å². The van der Waals surface area contributed by atoms with Crippen LogP contribution in [0, 0.1) is 29.1 Å². The molecule has 1 aromatic carbocycles. The molecule has 374 valence electrons. The summed E-state index contributed by atoms with van der Waals surface area (Å²) in [6.45, 7) is 14.8. The highest BCUT2D eigenvalue weighted by atomic mass is 32.2. The van der Waals surface area contributed by atoms with Crippen LogP contribution in [-0.2, 0) is 40.3 Å². The van der Waals surface area contributed by atoms with Gasteiger partial charge in [0.25, 0.3) is 5.91 Å². The lowest BCUT2D eigenvalue weighted by atomic mass is 9.66. The van der Waals surface area contributed by atoms with Gasteiger partial charge in [0.1, 0.15) is 35.6 Å². The Balaban J connectivity index is 1.12. The molecule has 2 bridgehead atoms. The predicted octanol–water partition coefficient (Wildman–Crippen LogP) is 5.20. The van der Waals surface area contributed by atoms with E-state index < -0.39 is 73.6 Å². The number of rotatable bonds is 21. The first-order valence-electron chi connectivity index (χ1n) is 24.7. The lowest BCUT2D eigenvalue weighted by molar-refractivity contribution is -0.145. The van der Waals surface area contributed by atoms with Crippen LogP contribution in [0.15, 0.2) is 36.9 Å². The summed E-state index contributed by atoms with van der Waals surface area (Å²) in [7, 11) is -2.34. The van der Waals surface area contributed by atoms with E-state index in [0.717, 1.165) is 55.8 Å². The number of carbonyl (C=O) groups is 4. The van der Waals surface area contributed by atoms with Gasteiger partial charge >= 0.3 is 6.09 Å². The van der Waals surface area contributed by atoms with Crippen LogP contribution in [0.4, 0.5) is 4.79 Å². The minimum atomic E-state index is -4.06. The second-order valence-electron chi connectivity index (χ2n) is 21.6. The molecule has 8 rings (SSSR count). The summed E-state index contributed by atoms with van der Waals surface area (Å²) in [4.78, 5) is 64.7. The minimum absolute atomic E-state index is 0.0265. The van der Waals surface area contributed by atoms with Gasteiger partial charge in [0.2, 0.25) is 27.7 Å². The smallest absolute Gasteiger partial charge is 0.405 e. The van der Waals surface area contributed by atoms with Gasteiger partial charge in [-0.25, -0.2) is 18.2 Å². The van der Waals surface area contributed by atoms with Crippen molar-refractivity contribution < 1.29 is 51.6 Å². The van der Waals surface area contributed by atoms with E-state index in [1.807, 2.05) is 24.3 Å². The maximum absolute atomic E-state index is 14.8. The number of hydrogen-bond donors (Lipinski definition) is 4. The number of nitrogens with one attached hydrogen (secondary N) is 3. The predicted molar refractivity (Wildman–Crippen MR) is 255 cm³/mol. The number of hydrogen-bond acceptors (Lipinski definition) is 12. The highest BCUT2D eigenvalue weighted by Gasteiger charge is 2.58. The maximum Gasteiger partial charge on any atom is 0.405 e. The Kier molecular flexibility index (Phi) is 14.7. The second-order valence-corrected chi connectivity index (χ2v) is 23.8. The molecule has 3 saturated carbocycles. The third kappa shape index (κ3) is 10.6. The maximum atomic E-state index is 14.8. The van der Waals surface area contributed by atoms with Crippen molar-refractivity contribution >= 4 is 44.7 Å². The number of benzene rings is 1. The molecule has 3 aliphatic carbocycles. The van der Waals surface area contributed by atoms with Gasteiger partial charge < -0.3 is 44.5 Å². The quantitative estimate of drug-likeness (QED) is 0.0937. The summed E-state index contributed by atoms with van der Waals surface area (Å²) in [6.07, 6.45) is 8.04. The molecule has 6 fully saturated rings. The zero-order valence-electron chi connectivity index (χ0n) is 40.4. The van der Waals surface area contributed by atoms with Gasteiger partial charge in [-0.2, -0.15) is 0 Å². The molecule has 0 spiro atoms. The third-order valence-electron chi connectivity index (χ3n) is 15.4. The fourth-order valence-corrected chi connectivity index (χ4v) is 12.0. The van der Waals surface area contributed by atoms with Crippen molar-refractivity contribution in [2.24, 2.45) is 29.1 Å². The van der Waals surface area contributed by atoms with Gasteiger partial charge in [-0.15, -0.1) is 6.58 Å². The molecule has 17 nitrogen and oxygen atoms in total. The molecular formula is C50H72N6O11S. The van der Waals surface area contributed by atoms with E-state index in [2.05, 4.69) is 26.8 Å². The molecule has 1 aromatic heterocycles. The van der Waals surface area contributed by atoms with Gasteiger partial charge in [-0.3, -0.25) is 19.1 Å². The molecule has 6 aliphatic rings. The summed E-state index contributed by atoms with van der Waals surface area (Å²) in [5.41, 5.74) is -1.08. The fourth-order valence-electron chi connectivity index (χ4n) is 10.7. The second kappa shape index (κ2) is 20.1. The Labute approximate surface area is 400 Å². The number of methoxy groups -OCH3 is 1. The standard InChI is InChI=1S/C50H72N6O11S/c1-7-34-19-20-50(34,46(59)54-68(62,63)49(5)21-22-49)53-43(57)39-25-35(28-56(39)45(58)42(48(2,3)4)52-47(60)61)66-44-37(15-10-8-9-13-31-17-18-31)41(36-14-11-12-16-38(36)51-44)67-40-32-26-55(23-24-64-6)27-33(40)30-65-29-32/h7,11-12,14,16,31-35,39-40,42,52H,1,8-10,13,15,17-30H2,2-6H3,(H,53,57)(H,54,59)(H,60,61). The largest absolute Gasteiger partial charge is 0.488 e. The van der Waals surface area contributed by atoms with Crippen molar-refractivity contribution in [3.8, 4) is 11.6 Å². The van der Waals surface area contributed by atoms with Crippen LogP contribution in [0.25, 0.3) is 10.9 Å². The molecule has 68 heavy (non-hydrogen) atoms. The number of likely N-dealkylation sites (tertiary alicyclic amines) is 2. The van der Waals surface area contributed by atoms with Gasteiger partial charge in [0.15, 0.2) is 0 Å². The lowest BCUT2D eigenvalue weighted by Crippen LogP contribution is -2.70. The number of para-hydroxylation sites is 1. The van der Waals surface area contributed by atoms with E-state index >= 15 is 0 Å². The first-order chi connectivity index (χ1) is 32.4. The molecule has 7 unspecified atom stereocenters. The summed E-state index contributed by atoms with van der Waals surface area (Å²) in [6, 6.07) is 5.34. The number of carbonyl (C=O) groups excluding carboxylic acids is 3. The van der Waals surface area contributed by atoms with Gasteiger partial charge in [0.05, 0.1) is 42.2 Å². The van der Waals surface area contributed by atoms with Crippen molar-refractivity contribution in [2.45, 2.75) is 139 Å². The van der Waals surface area contributed by atoms with Crippen molar-refractivity contribution in [3.63, 3.8) is 0 Å². The Morgan fingerprint density at radius 1 is 1.01 bits per heavy atom. The Morgan fingerprint density at radius 3 is 2.35 bits per heavy atom. The Bertz CT molecular complexity index is 2320. The lowest BCUT2D eigenvalue weighted by Gasteiger charge is -2.47. The number of ether oxygens (including phenoxy) is 4. The molecule has 3 saturated heterocycles. The summed E-state index contributed by atoms with van der Waals surface area (Å²) in [5.74, 6) is -0.668. The summed E-state index contributed by atoms with van der Waals surface area (Å²) < 4.78 is 53.6. The minimum Gasteiger partial charge on any atom is -0.488 e. The van der Waals surface area contributed by atoms with Crippen LogP contribution in [-0.4, -0.2) is 140 Å². The molecular weight excluding hydrogens is 893 g/mol. The number of unbranched alkanes of at least 4 members (excludes halogenated alkanes) is 2. The molecule has 4 heterocycles. The highest BCUT2D eigenvalue weighted by Crippen LogP contribution is 2.46. The van der Waals surface area contributed by atoms with E-state index in [4.69, 9.17) is 23.9 Å². The van der Waals surface area contributed by atoms with E-state index in [-0.39, 0.29) is 37.3 Å². The first kappa shape index (κ1) is 49.9. The topological polar surface area (TPSA) is 215 Å². The highest BCUT2D eigenvalue weighted by molar-refractivity contribution is 7.91. The average molecular weight is 965 g/mol. The summed E-state index contributed by atoms with van der Waals surface area (Å²) in [5, 5.41) is 16.0. The molecule has 2 aromatic rings. The average Bonchev–Trinajstić information content (AvgIpc) is 4.21. The Hall–Kier alpha value is -4.52. The molecule has 18 heteroatoms. The molecule has 7 atom stereocenters. The number of sulfonamides is 1. The van der Waals surface area contributed by atoms with Crippen LogP contribution in [0.1, 0.15) is 104 Å². The molecule has 4 N–H and O–H groups in total. The third-order valence-corrected chi connectivity index (χ3v) is 17.6. The fraction of sp³-hybridized carbons (Fsp3) is 0.700. The van der Waals surface area contributed by atoms with Crippen molar-refractivity contribution in [2.75, 3.05) is 53.1 Å². The van der Waals surface area contributed by atoms with Crippen molar-refractivity contribution in [1.29, 1.82) is 0 Å². The zero-order chi connectivity index (χ0) is 48.6. The normalized spacial score (nSPS) is 28.2. The van der Waals surface area contributed by atoms with E-state index in [1.54, 1.807) is 34.8 Å². The van der Waals surface area contributed by atoms with Gasteiger partial charge in [-0.1, -0.05) is 71.1 Å². The Morgan fingerprint density at radius 2 is 1.74 bits per heavy atom.